The smallest absolute Gasteiger partial charge is 0.211 e. The fourth-order valence-electron chi connectivity index (χ4n) is 2.15. The maximum absolute atomic E-state index is 11.6. The minimum absolute atomic E-state index is 0.223. The molecule has 2 aromatic heterocycles. The summed E-state index contributed by atoms with van der Waals surface area (Å²) < 4.78 is 31.8. The van der Waals surface area contributed by atoms with Crippen LogP contribution in [0.2, 0.25) is 0 Å². The number of thiazole rings is 1. The van der Waals surface area contributed by atoms with E-state index in [1.165, 1.54) is 21.9 Å². The Labute approximate surface area is 126 Å². The normalized spacial score (nSPS) is 20.7. The first kappa shape index (κ1) is 14.6. The molecule has 0 unspecified atom stereocenters. The van der Waals surface area contributed by atoms with E-state index in [9.17, 15) is 8.42 Å². The molecule has 8 nitrogen and oxygen atoms in total. The topological polar surface area (TPSA) is 90.2 Å². The Bertz CT molecular complexity index is 697. The number of sulfonamides is 1. The van der Waals surface area contributed by atoms with Crippen molar-refractivity contribution in [3.8, 4) is 10.7 Å². The predicted molar refractivity (Wildman–Crippen MR) is 77.3 cm³/mol. The molecule has 1 fully saturated rings. The molecule has 114 valence electrons. The highest BCUT2D eigenvalue weighted by molar-refractivity contribution is 7.88. The summed E-state index contributed by atoms with van der Waals surface area (Å²) in [5.41, 5.74) is 0.709. The van der Waals surface area contributed by atoms with Gasteiger partial charge in [-0.2, -0.15) is 4.31 Å². The second-order valence-electron chi connectivity index (χ2n) is 4.78. The van der Waals surface area contributed by atoms with Crippen LogP contribution in [-0.2, 0) is 21.3 Å². The molecular formula is C11H15N5O3S2. The first-order valence-corrected chi connectivity index (χ1v) is 9.12. The Hall–Kier alpha value is -1.36. The SMILES string of the molecule is CS(=O)(=O)N1CCO[C@H](Cn2cc(-c3nccs3)nn2)C1. The third kappa shape index (κ3) is 3.46. The van der Waals surface area contributed by atoms with Crippen molar-refractivity contribution in [1.82, 2.24) is 24.3 Å². The molecule has 3 heterocycles. The van der Waals surface area contributed by atoms with E-state index in [1.54, 1.807) is 17.1 Å². The molecule has 0 bridgehead atoms. The Kier molecular flexibility index (Phi) is 4.02. The van der Waals surface area contributed by atoms with Crippen molar-refractivity contribution in [3.05, 3.63) is 17.8 Å². The standard InChI is InChI=1S/C11H15N5O3S2/c1-21(17,18)16-3-4-19-9(7-16)6-15-8-10(13-14-15)11-12-2-5-20-11/h2,5,8-9H,3-4,6-7H2,1H3/t9-/m1/s1. The minimum atomic E-state index is -3.18. The highest BCUT2D eigenvalue weighted by Crippen LogP contribution is 2.18. The van der Waals surface area contributed by atoms with Gasteiger partial charge >= 0.3 is 0 Å². The molecule has 1 aliphatic heterocycles. The lowest BCUT2D eigenvalue weighted by Crippen LogP contribution is -2.46. The van der Waals surface area contributed by atoms with E-state index in [2.05, 4.69) is 15.3 Å². The molecular weight excluding hydrogens is 314 g/mol. The van der Waals surface area contributed by atoms with Crippen LogP contribution in [0.1, 0.15) is 0 Å². The summed E-state index contributed by atoms with van der Waals surface area (Å²) in [4.78, 5) is 4.17. The second-order valence-corrected chi connectivity index (χ2v) is 7.65. The Balaban J connectivity index is 1.67. The number of aromatic nitrogens is 4. The molecule has 1 saturated heterocycles. The van der Waals surface area contributed by atoms with Crippen LogP contribution < -0.4 is 0 Å². The average Bonchev–Trinajstić information content (AvgIpc) is 3.08. The zero-order valence-corrected chi connectivity index (χ0v) is 13.0. The maximum atomic E-state index is 11.6. The third-order valence-corrected chi connectivity index (χ3v) is 5.22. The Morgan fingerprint density at radius 2 is 2.38 bits per heavy atom. The molecule has 2 aromatic rings. The van der Waals surface area contributed by atoms with E-state index < -0.39 is 10.0 Å². The van der Waals surface area contributed by atoms with Crippen molar-refractivity contribution >= 4 is 21.4 Å². The first-order valence-electron chi connectivity index (χ1n) is 6.39. The predicted octanol–water partition coefficient (Wildman–Crippen LogP) is 0.0620. The van der Waals surface area contributed by atoms with Crippen molar-refractivity contribution < 1.29 is 13.2 Å². The summed E-state index contributed by atoms with van der Waals surface area (Å²) in [7, 11) is -3.18. The molecule has 0 N–H and O–H groups in total. The fraction of sp³-hybridized carbons (Fsp3) is 0.545. The molecule has 0 amide bonds. The monoisotopic (exact) mass is 329 g/mol. The first-order chi connectivity index (χ1) is 10.0. The van der Waals surface area contributed by atoms with Crippen LogP contribution in [0.4, 0.5) is 0 Å². The molecule has 3 rings (SSSR count). The van der Waals surface area contributed by atoms with Crippen LogP contribution in [0.5, 0.6) is 0 Å². The zero-order chi connectivity index (χ0) is 14.9. The average molecular weight is 329 g/mol. The molecule has 0 aliphatic carbocycles. The summed E-state index contributed by atoms with van der Waals surface area (Å²) in [5.74, 6) is 0. The van der Waals surface area contributed by atoms with Gasteiger partial charge in [0.1, 0.15) is 10.7 Å². The molecule has 1 aliphatic rings. The van der Waals surface area contributed by atoms with E-state index in [4.69, 9.17) is 4.74 Å². The van der Waals surface area contributed by atoms with E-state index >= 15 is 0 Å². The van der Waals surface area contributed by atoms with Crippen LogP contribution in [0, 0.1) is 0 Å². The van der Waals surface area contributed by atoms with Crippen molar-refractivity contribution in [1.29, 1.82) is 0 Å². The maximum Gasteiger partial charge on any atom is 0.211 e. The van der Waals surface area contributed by atoms with Gasteiger partial charge in [-0.1, -0.05) is 5.21 Å². The van der Waals surface area contributed by atoms with Gasteiger partial charge in [-0.15, -0.1) is 16.4 Å². The zero-order valence-electron chi connectivity index (χ0n) is 11.4. The lowest BCUT2D eigenvalue weighted by Gasteiger charge is -2.30. The van der Waals surface area contributed by atoms with Gasteiger partial charge in [0.2, 0.25) is 10.0 Å². The summed E-state index contributed by atoms with van der Waals surface area (Å²) in [5, 5.41) is 10.8. The van der Waals surface area contributed by atoms with Gasteiger partial charge in [0.25, 0.3) is 0 Å². The highest BCUT2D eigenvalue weighted by atomic mass is 32.2. The number of hydrogen-bond acceptors (Lipinski definition) is 7. The van der Waals surface area contributed by atoms with Gasteiger partial charge in [-0.25, -0.2) is 18.1 Å². The Morgan fingerprint density at radius 1 is 1.52 bits per heavy atom. The minimum Gasteiger partial charge on any atom is -0.374 e. The van der Waals surface area contributed by atoms with Gasteiger partial charge in [-0.05, 0) is 0 Å². The number of rotatable bonds is 4. The lowest BCUT2D eigenvalue weighted by atomic mass is 10.3. The second kappa shape index (κ2) is 5.79. The lowest BCUT2D eigenvalue weighted by molar-refractivity contribution is -0.0120. The summed E-state index contributed by atoms with van der Waals surface area (Å²) in [6, 6.07) is 0. The van der Waals surface area contributed by atoms with Crippen LogP contribution >= 0.6 is 11.3 Å². The van der Waals surface area contributed by atoms with Gasteiger partial charge in [-0.3, -0.25) is 0 Å². The van der Waals surface area contributed by atoms with Gasteiger partial charge in [0, 0.05) is 24.7 Å². The molecule has 10 heteroatoms. The van der Waals surface area contributed by atoms with Crippen LogP contribution in [0.25, 0.3) is 10.7 Å². The molecule has 21 heavy (non-hydrogen) atoms. The van der Waals surface area contributed by atoms with Crippen LogP contribution in [-0.4, -0.2) is 64.8 Å². The summed E-state index contributed by atoms with van der Waals surface area (Å²) >= 11 is 1.49. The van der Waals surface area contributed by atoms with Crippen molar-refractivity contribution in [3.63, 3.8) is 0 Å². The van der Waals surface area contributed by atoms with E-state index in [-0.39, 0.29) is 6.10 Å². The van der Waals surface area contributed by atoms with Gasteiger partial charge in [0.05, 0.1) is 31.7 Å². The third-order valence-electron chi connectivity index (χ3n) is 3.15. The van der Waals surface area contributed by atoms with Gasteiger partial charge in [0.15, 0.2) is 0 Å². The van der Waals surface area contributed by atoms with Crippen molar-refractivity contribution in [2.75, 3.05) is 26.0 Å². The molecule has 0 spiro atoms. The quantitative estimate of drug-likeness (QED) is 0.788. The molecule has 1 atom stereocenters. The van der Waals surface area contributed by atoms with E-state index in [0.29, 0.717) is 31.9 Å². The highest BCUT2D eigenvalue weighted by Gasteiger charge is 2.27. The number of nitrogens with zero attached hydrogens (tertiary/aromatic N) is 5. The largest absolute Gasteiger partial charge is 0.374 e. The number of hydrogen-bond donors (Lipinski definition) is 0. The summed E-state index contributed by atoms with van der Waals surface area (Å²) in [6.07, 6.45) is 4.50. The molecule has 0 aromatic carbocycles. The fourth-order valence-corrected chi connectivity index (χ4v) is 3.58. The van der Waals surface area contributed by atoms with Crippen LogP contribution in [0.15, 0.2) is 17.8 Å². The molecule has 0 saturated carbocycles. The van der Waals surface area contributed by atoms with Gasteiger partial charge < -0.3 is 4.74 Å². The van der Waals surface area contributed by atoms with E-state index in [1.807, 2.05) is 5.38 Å². The van der Waals surface area contributed by atoms with Crippen molar-refractivity contribution in [2.45, 2.75) is 12.6 Å². The number of ether oxygens (including phenoxy) is 1. The Morgan fingerprint density at radius 3 is 3.10 bits per heavy atom. The van der Waals surface area contributed by atoms with Crippen LogP contribution in [0.3, 0.4) is 0 Å². The summed E-state index contributed by atoms with van der Waals surface area (Å²) in [6.45, 7) is 1.60. The van der Waals surface area contributed by atoms with Crippen molar-refractivity contribution in [2.24, 2.45) is 0 Å². The van der Waals surface area contributed by atoms with E-state index in [0.717, 1.165) is 5.01 Å². The molecule has 0 radical (unpaired) electrons. The number of morpholine rings is 1.